The normalized spacial score (nSPS) is 20.8. The van der Waals surface area contributed by atoms with E-state index in [9.17, 15) is 14.4 Å². The van der Waals surface area contributed by atoms with E-state index in [-0.39, 0.29) is 0 Å². The highest BCUT2D eigenvalue weighted by molar-refractivity contribution is 6.34. The third kappa shape index (κ3) is 2.79. The predicted octanol–water partition coefficient (Wildman–Crippen LogP) is -1.85. The van der Waals surface area contributed by atoms with Crippen molar-refractivity contribution >= 4 is 18.2 Å². The Kier molecular flexibility index (Phi) is 4.14. The van der Waals surface area contributed by atoms with Crippen LogP contribution in [0.3, 0.4) is 0 Å². The Morgan fingerprint density at radius 2 is 1.33 bits per heavy atom. The lowest BCUT2D eigenvalue weighted by molar-refractivity contribution is -0.155. The molecule has 2 aliphatic heterocycles. The molecule has 0 aromatic rings. The van der Waals surface area contributed by atoms with Crippen molar-refractivity contribution in [2.24, 2.45) is 0 Å². The summed E-state index contributed by atoms with van der Waals surface area (Å²) in [7, 11) is 0. The van der Waals surface area contributed by atoms with Crippen molar-refractivity contribution in [2.75, 3.05) is 52.5 Å². The summed E-state index contributed by atoms with van der Waals surface area (Å²) in [6.07, 6.45) is 0.769. The average molecular weight is 255 g/mol. The van der Waals surface area contributed by atoms with E-state index in [4.69, 9.17) is 4.74 Å². The van der Waals surface area contributed by atoms with Gasteiger partial charge in [0.15, 0.2) is 0 Å². The number of carbonyl (C=O) groups excluding carboxylic acids is 3. The summed E-state index contributed by atoms with van der Waals surface area (Å²) in [5.41, 5.74) is 0. The maximum Gasteiger partial charge on any atom is 0.312 e. The third-order valence-electron chi connectivity index (χ3n) is 3.23. The van der Waals surface area contributed by atoms with Crippen molar-refractivity contribution < 1.29 is 19.1 Å². The van der Waals surface area contributed by atoms with E-state index >= 15 is 0 Å². The summed E-state index contributed by atoms with van der Waals surface area (Å²) in [5.74, 6) is -0.930. The molecule has 0 atom stereocenters. The van der Waals surface area contributed by atoms with Crippen LogP contribution in [0.1, 0.15) is 0 Å². The molecule has 0 spiro atoms. The van der Waals surface area contributed by atoms with Gasteiger partial charge >= 0.3 is 11.8 Å². The fraction of sp³-hybridized carbons (Fsp3) is 0.727. The number of amides is 3. The van der Waals surface area contributed by atoms with Gasteiger partial charge < -0.3 is 19.4 Å². The fourth-order valence-electron chi connectivity index (χ4n) is 2.07. The zero-order chi connectivity index (χ0) is 13.0. The summed E-state index contributed by atoms with van der Waals surface area (Å²) in [5, 5.41) is 0. The molecule has 100 valence electrons. The first kappa shape index (κ1) is 12.8. The van der Waals surface area contributed by atoms with Crippen LogP contribution in [0.5, 0.6) is 0 Å². The SMILES string of the molecule is O=CN1CCN(C(=O)C(=O)N2CCOCC2)CC1. The minimum atomic E-state index is -0.470. The molecular weight excluding hydrogens is 238 g/mol. The van der Waals surface area contributed by atoms with Crippen LogP contribution in [-0.2, 0) is 19.1 Å². The lowest BCUT2D eigenvalue weighted by Gasteiger charge is -2.34. The van der Waals surface area contributed by atoms with E-state index < -0.39 is 11.8 Å². The number of rotatable bonds is 1. The lowest BCUT2D eigenvalue weighted by atomic mass is 10.3. The van der Waals surface area contributed by atoms with Gasteiger partial charge in [-0.1, -0.05) is 0 Å². The second kappa shape index (κ2) is 5.81. The Balaban J connectivity index is 1.87. The molecule has 18 heavy (non-hydrogen) atoms. The van der Waals surface area contributed by atoms with Crippen molar-refractivity contribution in [3.63, 3.8) is 0 Å². The molecule has 2 fully saturated rings. The Hall–Kier alpha value is -1.63. The summed E-state index contributed by atoms with van der Waals surface area (Å²) >= 11 is 0. The van der Waals surface area contributed by atoms with Crippen LogP contribution in [0.25, 0.3) is 0 Å². The zero-order valence-corrected chi connectivity index (χ0v) is 10.2. The molecule has 0 aromatic heterocycles. The van der Waals surface area contributed by atoms with Crippen molar-refractivity contribution in [2.45, 2.75) is 0 Å². The van der Waals surface area contributed by atoms with Gasteiger partial charge in [-0.15, -0.1) is 0 Å². The first-order valence-corrected chi connectivity index (χ1v) is 6.07. The highest BCUT2D eigenvalue weighted by Gasteiger charge is 2.29. The number of carbonyl (C=O) groups is 3. The predicted molar refractivity (Wildman–Crippen MR) is 61.6 cm³/mol. The number of morpholine rings is 1. The third-order valence-corrected chi connectivity index (χ3v) is 3.23. The van der Waals surface area contributed by atoms with E-state index in [1.807, 2.05) is 0 Å². The quantitative estimate of drug-likeness (QED) is 0.407. The smallest absolute Gasteiger partial charge is 0.312 e. The fourth-order valence-corrected chi connectivity index (χ4v) is 2.07. The summed E-state index contributed by atoms with van der Waals surface area (Å²) in [6.45, 7) is 3.74. The molecule has 2 rings (SSSR count). The van der Waals surface area contributed by atoms with Crippen molar-refractivity contribution in [3.05, 3.63) is 0 Å². The lowest BCUT2D eigenvalue weighted by Crippen LogP contribution is -2.54. The van der Waals surface area contributed by atoms with Gasteiger partial charge in [0.05, 0.1) is 13.2 Å². The second-order valence-corrected chi connectivity index (χ2v) is 4.34. The Bertz CT molecular complexity index is 333. The van der Waals surface area contributed by atoms with Crippen molar-refractivity contribution in [1.29, 1.82) is 0 Å². The van der Waals surface area contributed by atoms with Gasteiger partial charge in [0.2, 0.25) is 6.41 Å². The molecule has 3 amide bonds. The highest BCUT2D eigenvalue weighted by Crippen LogP contribution is 2.04. The number of hydrogen-bond acceptors (Lipinski definition) is 4. The summed E-state index contributed by atoms with van der Waals surface area (Å²) < 4.78 is 5.14. The van der Waals surface area contributed by atoms with E-state index in [2.05, 4.69) is 0 Å². The number of nitrogens with zero attached hydrogens (tertiary/aromatic N) is 3. The number of ether oxygens (including phenoxy) is 1. The average Bonchev–Trinajstić information content (AvgIpc) is 2.47. The Morgan fingerprint density at radius 3 is 1.83 bits per heavy atom. The molecule has 2 aliphatic rings. The molecule has 2 saturated heterocycles. The van der Waals surface area contributed by atoms with Gasteiger partial charge in [-0.2, -0.15) is 0 Å². The van der Waals surface area contributed by atoms with Gasteiger partial charge in [-0.3, -0.25) is 14.4 Å². The highest BCUT2D eigenvalue weighted by atomic mass is 16.5. The molecule has 7 nitrogen and oxygen atoms in total. The van der Waals surface area contributed by atoms with Gasteiger partial charge in [0.1, 0.15) is 0 Å². The van der Waals surface area contributed by atoms with E-state index in [1.54, 1.807) is 4.90 Å². The van der Waals surface area contributed by atoms with Crippen molar-refractivity contribution in [3.8, 4) is 0 Å². The second-order valence-electron chi connectivity index (χ2n) is 4.34. The standard InChI is InChI=1S/C11H17N3O4/c15-9-12-1-3-13(4-2-12)10(16)11(17)14-5-7-18-8-6-14/h9H,1-8H2. The van der Waals surface area contributed by atoms with E-state index in [0.717, 1.165) is 6.41 Å². The Labute approximate surface area is 105 Å². The monoisotopic (exact) mass is 255 g/mol. The van der Waals surface area contributed by atoms with Gasteiger partial charge in [-0.05, 0) is 0 Å². The van der Waals surface area contributed by atoms with Crippen LogP contribution in [0.4, 0.5) is 0 Å². The van der Waals surface area contributed by atoms with Crippen LogP contribution in [0.2, 0.25) is 0 Å². The maximum atomic E-state index is 12.0. The molecule has 0 saturated carbocycles. The molecule has 0 radical (unpaired) electrons. The molecular formula is C11H17N3O4. The molecule has 7 heteroatoms. The summed E-state index contributed by atoms with van der Waals surface area (Å²) in [4.78, 5) is 39.1. The first-order chi connectivity index (χ1) is 8.72. The molecule has 0 aliphatic carbocycles. The van der Waals surface area contributed by atoms with Gasteiger partial charge in [0, 0.05) is 39.3 Å². The molecule has 0 N–H and O–H groups in total. The number of piperazine rings is 1. The van der Waals surface area contributed by atoms with Crippen LogP contribution >= 0.6 is 0 Å². The molecule has 0 bridgehead atoms. The van der Waals surface area contributed by atoms with Crippen LogP contribution in [0, 0.1) is 0 Å². The molecule has 0 aromatic carbocycles. The minimum Gasteiger partial charge on any atom is -0.378 e. The van der Waals surface area contributed by atoms with Gasteiger partial charge in [0.25, 0.3) is 0 Å². The largest absolute Gasteiger partial charge is 0.378 e. The first-order valence-electron chi connectivity index (χ1n) is 6.07. The molecule has 0 unspecified atom stereocenters. The van der Waals surface area contributed by atoms with E-state index in [1.165, 1.54) is 9.80 Å². The van der Waals surface area contributed by atoms with E-state index in [0.29, 0.717) is 52.5 Å². The van der Waals surface area contributed by atoms with Crippen LogP contribution < -0.4 is 0 Å². The minimum absolute atomic E-state index is 0.424. The topological polar surface area (TPSA) is 70.2 Å². The van der Waals surface area contributed by atoms with Gasteiger partial charge in [-0.25, -0.2) is 0 Å². The maximum absolute atomic E-state index is 12.0. The Morgan fingerprint density at radius 1 is 0.833 bits per heavy atom. The summed E-state index contributed by atoms with van der Waals surface area (Å²) in [6, 6.07) is 0. The molecule has 2 heterocycles. The van der Waals surface area contributed by atoms with Crippen LogP contribution in [0.15, 0.2) is 0 Å². The van der Waals surface area contributed by atoms with Crippen molar-refractivity contribution in [1.82, 2.24) is 14.7 Å². The van der Waals surface area contributed by atoms with Crippen LogP contribution in [-0.4, -0.2) is 85.4 Å². The number of hydrogen-bond donors (Lipinski definition) is 0. The zero-order valence-electron chi connectivity index (χ0n) is 10.2.